The third-order valence-electron chi connectivity index (χ3n) is 2.24. The van der Waals surface area contributed by atoms with Gasteiger partial charge in [0.1, 0.15) is 0 Å². The van der Waals surface area contributed by atoms with Crippen molar-refractivity contribution >= 4 is 11.8 Å². The van der Waals surface area contributed by atoms with E-state index in [0.29, 0.717) is 12.5 Å². The molecule has 1 atom stereocenters. The molecule has 5 nitrogen and oxygen atoms in total. The summed E-state index contributed by atoms with van der Waals surface area (Å²) in [6.45, 7) is 2.86. The van der Waals surface area contributed by atoms with Crippen LogP contribution in [0.3, 0.4) is 0 Å². The summed E-state index contributed by atoms with van der Waals surface area (Å²) in [5.74, 6) is 3.18. The number of thioether (sulfide) groups is 1. The van der Waals surface area contributed by atoms with Crippen LogP contribution < -0.4 is 5.73 Å². The second-order valence-electron chi connectivity index (χ2n) is 3.84. The van der Waals surface area contributed by atoms with Crippen molar-refractivity contribution in [3.63, 3.8) is 0 Å². The van der Waals surface area contributed by atoms with Gasteiger partial charge in [-0.15, -0.1) is 0 Å². The van der Waals surface area contributed by atoms with Gasteiger partial charge in [-0.1, -0.05) is 12.1 Å². The summed E-state index contributed by atoms with van der Waals surface area (Å²) in [4.78, 5) is 4.30. The molecule has 0 saturated heterocycles. The quantitative estimate of drug-likeness (QED) is 0.685. The molecular weight excluding hydrogens is 238 g/mol. The van der Waals surface area contributed by atoms with Gasteiger partial charge in [0.25, 0.3) is 0 Å². The van der Waals surface area contributed by atoms with E-state index in [1.165, 1.54) is 0 Å². The van der Waals surface area contributed by atoms with Gasteiger partial charge >= 0.3 is 0 Å². The number of ether oxygens (including phenoxy) is 1. The Hall–Kier alpha value is -0.590. The zero-order valence-corrected chi connectivity index (χ0v) is 11.3. The number of hydrogen-bond acceptors (Lipinski definition) is 6. The van der Waals surface area contributed by atoms with Crippen molar-refractivity contribution in [1.29, 1.82) is 0 Å². The number of hydrogen-bond donors (Lipinski definition) is 1. The SMILES string of the molecule is CCCSCc1noc(C(N)CCCOC)n1. The van der Waals surface area contributed by atoms with Crippen molar-refractivity contribution in [3.8, 4) is 0 Å². The maximum absolute atomic E-state index is 5.95. The summed E-state index contributed by atoms with van der Waals surface area (Å²) in [5, 5.41) is 3.92. The minimum absolute atomic E-state index is 0.178. The van der Waals surface area contributed by atoms with Crippen LogP contribution in [0.15, 0.2) is 4.52 Å². The van der Waals surface area contributed by atoms with E-state index in [4.69, 9.17) is 15.0 Å². The predicted molar refractivity (Wildman–Crippen MR) is 68.8 cm³/mol. The Labute approximate surface area is 106 Å². The molecule has 0 aliphatic rings. The van der Waals surface area contributed by atoms with E-state index in [1.54, 1.807) is 7.11 Å². The monoisotopic (exact) mass is 259 g/mol. The van der Waals surface area contributed by atoms with E-state index in [9.17, 15) is 0 Å². The van der Waals surface area contributed by atoms with Crippen molar-refractivity contribution in [1.82, 2.24) is 10.1 Å². The Morgan fingerprint density at radius 1 is 1.53 bits per heavy atom. The second kappa shape index (κ2) is 8.49. The van der Waals surface area contributed by atoms with Gasteiger partial charge in [-0.3, -0.25) is 0 Å². The molecule has 1 rings (SSSR count). The third kappa shape index (κ3) is 5.52. The Bertz CT molecular complexity index is 307. The van der Waals surface area contributed by atoms with E-state index in [2.05, 4.69) is 17.1 Å². The molecule has 0 aromatic carbocycles. The van der Waals surface area contributed by atoms with Crippen LogP contribution in [-0.2, 0) is 10.5 Å². The van der Waals surface area contributed by atoms with Crippen LogP contribution >= 0.6 is 11.8 Å². The highest BCUT2D eigenvalue weighted by Gasteiger charge is 2.14. The molecule has 0 radical (unpaired) electrons. The van der Waals surface area contributed by atoms with Crippen LogP contribution in [0, 0.1) is 0 Å². The standard InChI is InChI=1S/C11H21N3O2S/c1-3-7-17-8-10-13-11(16-14-10)9(12)5-4-6-15-2/h9H,3-8,12H2,1-2H3. The van der Waals surface area contributed by atoms with Crippen molar-refractivity contribution in [2.45, 2.75) is 38.0 Å². The first-order valence-corrected chi connectivity index (χ1v) is 7.08. The largest absolute Gasteiger partial charge is 0.385 e. The highest BCUT2D eigenvalue weighted by atomic mass is 32.2. The average Bonchev–Trinajstić information content (AvgIpc) is 2.78. The van der Waals surface area contributed by atoms with Gasteiger partial charge in [0.05, 0.1) is 11.8 Å². The molecule has 6 heteroatoms. The van der Waals surface area contributed by atoms with Crippen molar-refractivity contribution < 1.29 is 9.26 Å². The molecule has 1 heterocycles. The molecule has 0 aliphatic heterocycles. The Kier molecular flexibility index (Phi) is 7.23. The van der Waals surface area contributed by atoms with E-state index in [-0.39, 0.29) is 6.04 Å². The van der Waals surface area contributed by atoms with Gasteiger partial charge in [-0.25, -0.2) is 0 Å². The summed E-state index contributed by atoms with van der Waals surface area (Å²) < 4.78 is 10.1. The first kappa shape index (κ1) is 14.5. The van der Waals surface area contributed by atoms with E-state index in [1.807, 2.05) is 11.8 Å². The number of rotatable bonds is 9. The Morgan fingerprint density at radius 3 is 3.06 bits per heavy atom. The van der Waals surface area contributed by atoms with Gasteiger partial charge in [0.2, 0.25) is 5.89 Å². The average molecular weight is 259 g/mol. The first-order chi connectivity index (χ1) is 8.27. The topological polar surface area (TPSA) is 74.2 Å². The summed E-state index contributed by atoms with van der Waals surface area (Å²) in [6, 6.07) is -0.178. The fourth-order valence-corrected chi connectivity index (χ4v) is 2.09. The number of nitrogens with zero attached hydrogens (tertiary/aromatic N) is 2. The normalized spacial score (nSPS) is 12.9. The van der Waals surface area contributed by atoms with E-state index >= 15 is 0 Å². The smallest absolute Gasteiger partial charge is 0.243 e. The lowest BCUT2D eigenvalue weighted by molar-refractivity contribution is 0.188. The molecule has 1 aromatic rings. The zero-order valence-electron chi connectivity index (χ0n) is 10.5. The zero-order chi connectivity index (χ0) is 12.5. The number of aromatic nitrogens is 2. The minimum atomic E-state index is -0.178. The van der Waals surface area contributed by atoms with Gasteiger partial charge in [-0.2, -0.15) is 16.7 Å². The fraction of sp³-hybridized carbons (Fsp3) is 0.818. The lowest BCUT2D eigenvalue weighted by atomic mass is 10.2. The van der Waals surface area contributed by atoms with Crippen LogP contribution in [0.2, 0.25) is 0 Å². The Balaban J connectivity index is 2.33. The van der Waals surface area contributed by atoms with E-state index in [0.717, 1.165) is 36.6 Å². The van der Waals surface area contributed by atoms with Crippen molar-refractivity contribution in [3.05, 3.63) is 11.7 Å². The maximum atomic E-state index is 5.95. The third-order valence-corrected chi connectivity index (χ3v) is 3.40. The molecule has 98 valence electrons. The van der Waals surface area contributed by atoms with Crippen LogP contribution in [0.5, 0.6) is 0 Å². The molecule has 0 fully saturated rings. The number of methoxy groups -OCH3 is 1. The summed E-state index contributed by atoms with van der Waals surface area (Å²) >= 11 is 1.81. The van der Waals surface area contributed by atoms with Crippen molar-refractivity contribution in [2.24, 2.45) is 5.73 Å². The van der Waals surface area contributed by atoms with Gasteiger partial charge in [-0.05, 0) is 25.0 Å². The molecular formula is C11H21N3O2S. The van der Waals surface area contributed by atoms with E-state index < -0.39 is 0 Å². The molecule has 0 saturated carbocycles. The highest BCUT2D eigenvalue weighted by molar-refractivity contribution is 7.98. The first-order valence-electron chi connectivity index (χ1n) is 5.92. The lowest BCUT2D eigenvalue weighted by Gasteiger charge is -2.04. The summed E-state index contributed by atoms with van der Waals surface area (Å²) in [5.41, 5.74) is 5.95. The minimum Gasteiger partial charge on any atom is -0.385 e. The van der Waals surface area contributed by atoms with Crippen LogP contribution in [-0.4, -0.2) is 29.6 Å². The van der Waals surface area contributed by atoms with Crippen LogP contribution in [0.25, 0.3) is 0 Å². The molecule has 2 N–H and O–H groups in total. The fourth-order valence-electron chi connectivity index (χ4n) is 1.36. The molecule has 17 heavy (non-hydrogen) atoms. The molecule has 0 aliphatic carbocycles. The van der Waals surface area contributed by atoms with Crippen LogP contribution in [0.4, 0.5) is 0 Å². The predicted octanol–water partition coefficient (Wildman–Crippen LogP) is 2.14. The molecule has 1 aromatic heterocycles. The lowest BCUT2D eigenvalue weighted by Crippen LogP contribution is -2.11. The maximum Gasteiger partial charge on any atom is 0.243 e. The molecule has 1 unspecified atom stereocenters. The van der Waals surface area contributed by atoms with Crippen LogP contribution in [0.1, 0.15) is 43.9 Å². The molecule has 0 spiro atoms. The van der Waals surface area contributed by atoms with Gasteiger partial charge in [0.15, 0.2) is 5.82 Å². The molecule has 0 amide bonds. The summed E-state index contributed by atoms with van der Waals surface area (Å²) in [7, 11) is 1.68. The number of nitrogens with two attached hydrogens (primary N) is 1. The van der Waals surface area contributed by atoms with Gasteiger partial charge < -0.3 is 15.0 Å². The Morgan fingerprint density at radius 2 is 2.35 bits per heavy atom. The highest BCUT2D eigenvalue weighted by Crippen LogP contribution is 2.16. The second-order valence-corrected chi connectivity index (χ2v) is 4.95. The summed E-state index contributed by atoms with van der Waals surface area (Å²) in [6.07, 6.45) is 2.86. The van der Waals surface area contributed by atoms with Crippen molar-refractivity contribution in [2.75, 3.05) is 19.5 Å². The molecule has 0 bridgehead atoms. The van der Waals surface area contributed by atoms with Gasteiger partial charge in [0, 0.05) is 13.7 Å².